The molecule has 3 N–H and O–H groups in total. The monoisotopic (exact) mass is 497 g/mol. The summed E-state index contributed by atoms with van der Waals surface area (Å²) < 4.78 is 5.74. The normalized spacial score (nSPS) is 17.3. The van der Waals surface area contributed by atoms with E-state index in [0.29, 0.717) is 18.1 Å². The van der Waals surface area contributed by atoms with Gasteiger partial charge in [0.1, 0.15) is 5.75 Å². The predicted octanol–water partition coefficient (Wildman–Crippen LogP) is 4.34. The van der Waals surface area contributed by atoms with Gasteiger partial charge in [0.2, 0.25) is 5.95 Å². The minimum atomic E-state index is 0.483. The van der Waals surface area contributed by atoms with Crippen molar-refractivity contribution in [3.63, 3.8) is 0 Å². The molecule has 2 heterocycles. The van der Waals surface area contributed by atoms with Gasteiger partial charge in [-0.25, -0.2) is 9.97 Å². The molecule has 3 aromatic rings. The number of ether oxygens (including phenoxy) is 1. The second-order valence-electron chi connectivity index (χ2n) is 9.66. The van der Waals surface area contributed by atoms with Gasteiger partial charge in [0, 0.05) is 68.0 Å². The van der Waals surface area contributed by atoms with Gasteiger partial charge >= 0.3 is 0 Å². The Labute approximate surface area is 218 Å². The highest BCUT2D eigenvalue weighted by Gasteiger charge is 2.26. The molecule has 1 fully saturated rings. The SMILES string of the molecule is CN/C(=C1\C(=N)CCc2cnc(Nc3ccc(N4CCN(C)CC4)cc3OC)nc21)c1ccccc1C. The standard InChI is InChI=1S/C29H35N7O/c1-19-7-5-6-8-22(19)28(31-2)26-23(30)11-9-20-18-32-29(34-27(20)26)33-24-12-10-21(17-25(24)37-4)36-15-13-35(3)14-16-36/h5-8,10,12,17-18,30-31H,9,11,13-16H2,1-4H3,(H,32,33,34)/b28-26+,30-23?. The quantitative estimate of drug-likeness (QED) is 0.467. The van der Waals surface area contributed by atoms with E-state index in [-0.39, 0.29) is 0 Å². The van der Waals surface area contributed by atoms with Crippen LogP contribution >= 0.6 is 0 Å². The molecule has 1 aliphatic heterocycles. The second-order valence-corrected chi connectivity index (χ2v) is 9.66. The fraction of sp³-hybridized carbons (Fsp3) is 0.345. The third-order valence-electron chi connectivity index (χ3n) is 7.26. The van der Waals surface area contributed by atoms with Gasteiger partial charge in [-0.15, -0.1) is 0 Å². The highest BCUT2D eigenvalue weighted by molar-refractivity contribution is 6.29. The summed E-state index contributed by atoms with van der Waals surface area (Å²) in [5.74, 6) is 1.23. The zero-order valence-corrected chi connectivity index (χ0v) is 22.1. The van der Waals surface area contributed by atoms with E-state index >= 15 is 0 Å². The van der Waals surface area contributed by atoms with E-state index in [2.05, 4.69) is 63.7 Å². The Kier molecular flexibility index (Phi) is 7.10. The van der Waals surface area contributed by atoms with Crippen LogP contribution in [0.1, 0.15) is 28.8 Å². The van der Waals surface area contributed by atoms with E-state index in [1.807, 2.05) is 31.4 Å². The van der Waals surface area contributed by atoms with Crippen molar-refractivity contribution < 1.29 is 4.74 Å². The number of piperazine rings is 1. The molecule has 192 valence electrons. The summed E-state index contributed by atoms with van der Waals surface area (Å²) in [7, 11) is 5.75. The zero-order chi connectivity index (χ0) is 25.9. The molecule has 0 amide bonds. The molecule has 2 aliphatic rings. The van der Waals surface area contributed by atoms with Crippen LogP contribution in [0.2, 0.25) is 0 Å². The number of aromatic nitrogens is 2. The maximum atomic E-state index is 8.81. The number of anilines is 3. The number of likely N-dealkylation sites (N-methyl/N-ethyl adjacent to an activating group) is 1. The van der Waals surface area contributed by atoms with Crippen LogP contribution in [0.4, 0.5) is 17.3 Å². The predicted molar refractivity (Wildman–Crippen MR) is 151 cm³/mol. The lowest BCUT2D eigenvalue weighted by Gasteiger charge is -2.34. The van der Waals surface area contributed by atoms with Crippen molar-refractivity contribution in [2.45, 2.75) is 19.8 Å². The molecule has 0 atom stereocenters. The van der Waals surface area contributed by atoms with Crippen LogP contribution < -0.4 is 20.3 Å². The first-order valence-corrected chi connectivity index (χ1v) is 12.8. The number of allylic oxidation sites excluding steroid dienone is 1. The van der Waals surface area contributed by atoms with Gasteiger partial charge in [0.25, 0.3) is 0 Å². The van der Waals surface area contributed by atoms with Gasteiger partial charge in [0.05, 0.1) is 24.2 Å². The lowest BCUT2D eigenvalue weighted by Crippen LogP contribution is -2.44. The van der Waals surface area contributed by atoms with Crippen LogP contribution in [-0.4, -0.2) is 68.0 Å². The largest absolute Gasteiger partial charge is 0.494 e. The molecule has 0 saturated carbocycles. The van der Waals surface area contributed by atoms with Crippen molar-refractivity contribution in [1.29, 1.82) is 5.41 Å². The number of rotatable bonds is 6. The fourth-order valence-electron chi connectivity index (χ4n) is 5.08. The summed E-state index contributed by atoms with van der Waals surface area (Å²) in [4.78, 5) is 14.3. The van der Waals surface area contributed by atoms with Crippen molar-refractivity contribution in [2.24, 2.45) is 0 Å². The van der Waals surface area contributed by atoms with Crippen molar-refractivity contribution >= 4 is 34.3 Å². The molecule has 1 aliphatic carbocycles. The molecule has 8 heteroatoms. The summed E-state index contributed by atoms with van der Waals surface area (Å²) in [5, 5.41) is 15.5. The molecule has 0 radical (unpaired) electrons. The summed E-state index contributed by atoms with van der Waals surface area (Å²) in [6, 6.07) is 14.5. The zero-order valence-electron chi connectivity index (χ0n) is 22.1. The van der Waals surface area contributed by atoms with E-state index in [9.17, 15) is 0 Å². The summed E-state index contributed by atoms with van der Waals surface area (Å²) >= 11 is 0. The van der Waals surface area contributed by atoms with Crippen molar-refractivity contribution in [1.82, 2.24) is 20.2 Å². The number of benzene rings is 2. The molecule has 1 aromatic heterocycles. The van der Waals surface area contributed by atoms with Gasteiger partial charge in [-0.05, 0) is 50.1 Å². The first-order valence-electron chi connectivity index (χ1n) is 12.8. The Balaban J connectivity index is 1.49. The van der Waals surface area contributed by atoms with Gasteiger partial charge in [-0.2, -0.15) is 0 Å². The molecule has 8 nitrogen and oxygen atoms in total. The maximum Gasteiger partial charge on any atom is 0.227 e. The van der Waals surface area contributed by atoms with Gasteiger partial charge < -0.3 is 30.6 Å². The smallest absolute Gasteiger partial charge is 0.227 e. The third kappa shape index (κ3) is 5.02. The number of nitrogens with one attached hydrogen (secondary N) is 3. The van der Waals surface area contributed by atoms with Crippen molar-refractivity contribution in [2.75, 3.05) is 57.6 Å². The van der Waals surface area contributed by atoms with Crippen LogP contribution in [0.25, 0.3) is 11.3 Å². The fourth-order valence-corrected chi connectivity index (χ4v) is 5.08. The van der Waals surface area contributed by atoms with Gasteiger partial charge in [-0.1, -0.05) is 24.3 Å². The van der Waals surface area contributed by atoms with Crippen LogP contribution in [-0.2, 0) is 6.42 Å². The summed E-state index contributed by atoms with van der Waals surface area (Å²) in [6.45, 7) is 6.18. The number of methoxy groups -OCH3 is 1. The van der Waals surface area contributed by atoms with E-state index in [0.717, 1.165) is 83.4 Å². The molecule has 1 saturated heterocycles. The average molecular weight is 498 g/mol. The van der Waals surface area contributed by atoms with E-state index < -0.39 is 0 Å². The lowest BCUT2D eigenvalue weighted by molar-refractivity contribution is 0.312. The summed E-state index contributed by atoms with van der Waals surface area (Å²) in [5.41, 5.74) is 8.37. The molecular weight excluding hydrogens is 462 g/mol. The maximum absolute atomic E-state index is 8.81. The number of hydrogen-bond donors (Lipinski definition) is 3. The minimum Gasteiger partial charge on any atom is -0.494 e. The van der Waals surface area contributed by atoms with Crippen molar-refractivity contribution in [3.05, 3.63) is 71.0 Å². The van der Waals surface area contributed by atoms with Crippen LogP contribution in [0.15, 0.2) is 48.7 Å². The summed E-state index contributed by atoms with van der Waals surface area (Å²) in [6.07, 6.45) is 3.30. The highest BCUT2D eigenvalue weighted by atomic mass is 16.5. The molecule has 0 bridgehead atoms. The van der Waals surface area contributed by atoms with E-state index in [1.165, 1.54) is 0 Å². The minimum absolute atomic E-state index is 0.483. The Morgan fingerprint density at radius 3 is 2.57 bits per heavy atom. The third-order valence-corrected chi connectivity index (χ3v) is 7.26. The molecule has 5 rings (SSSR count). The molecule has 37 heavy (non-hydrogen) atoms. The number of fused-ring (bicyclic) bond motifs is 1. The molecule has 0 unspecified atom stereocenters. The van der Waals surface area contributed by atoms with E-state index in [1.54, 1.807) is 7.11 Å². The van der Waals surface area contributed by atoms with Crippen LogP contribution in [0, 0.1) is 12.3 Å². The molecular formula is C29H35N7O. The molecule has 0 spiro atoms. The van der Waals surface area contributed by atoms with E-state index in [4.69, 9.17) is 15.1 Å². The Hall–Kier alpha value is -3.91. The van der Waals surface area contributed by atoms with Gasteiger partial charge in [-0.3, -0.25) is 0 Å². The topological polar surface area (TPSA) is 89.4 Å². The highest BCUT2D eigenvalue weighted by Crippen LogP contribution is 2.35. The Morgan fingerprint density at radius 2 is 1.84 bits per heavy atom. The van der Waals surface area contributed by atoms with Gasteiger partial charge in [0.15, 0.2) is 0 Å². The first-order chi connectivity index (χ1) is 18.0. The number of nitrogens with zero attached hydrogens (tertiary/aromatic N) is 4. The number of aryl methyl sites for hydroxylation is 2. The van der Waals surface area contributed by atoms with Crippen molar-refractivity contribution in [3.8, 4) is 5.75 Å². The first kappa shape index (κ1) is 24.8. The lowest BCUT2D eigenvalue weighted by atomic mass is 9.87. The average Bonchev–Trinajstić information content (AvgIpc) is 2.92. The Morgan fingerprint density at radius 1 is 1.05 bits per heavy atom. The number of hydrogen-bond acceptors (Lipinski definition) is 8. The second kappa shape index (κ2) is 10.6. The van der Waals surface area contributed by atoms with Crippen LogP contribution in [0.5, 0.6) is 5.75 Å². The molecule has 2 aromatic carbocycles. The Bertz CT molecular complexity index is 1340. The van der Waals surface area contributed by atoms with Crippen LogP contribution in [0.3, 0.4) is 0 Å².